The smallest absolute Gasteiger partial charge is 0.219 e. The molecule has 0 saturated heterocycles. The third-order valence-electron chi connectivity index (χ3n) is 1.60. The lowest BCUT2D eigenvalue weighted by molar-refractivity contribution is -0.129. The first kappa shape index (κ1) is 11.9. The van der Waals surface area contributed by atoms with Gasteiger partial charge in [0.2, 0.25) is 11.8 Å². The molecule has 0 fully saturated rings. The third-order valence-corrected chi connectivity index (χ3v) is 1.60. The lowest BCUT2D eigenvalue weighted by Crippen LogP contribution is -2.39. The highest BCUT2D eigenvalue weighted by atomic mass is 16.2. The summed E-state index contributed by atoms with van der Waals surface area (Å²) in [4.78, 5) is 23.1. The summed E-state index contributed by atoms with van der Waals surface area (Å²) in [5, 5.41) is 2.62. The van der Waals surface area contributed by atoms with Gasteiger partial charge in [-0.1, -0.05) is 0 Å². The molecule has 0 saturated carbocycles. The number of nitrogens with one attached hydrogen (secondary N) is 1. The van der Waals surface area contributed by atoms with Crippen LogP contribution in [-0.4, -0.2) is 42.9 Å². The Kier molecular flexibility index (Phi) is 5.88. The molecular weight excluding hydrogens is 170 g/mol. The normalized spacial score (nSPS) is 9.46. The zero-order chi connectivity index (χ0) is 10.3. The minimum atomic E-state index is -0.0868. The van der Waals surface area contributed by atoms with Crippen molar-refractivity contribution in [3.8, 4) is 0 Å². The Bertz CT molecular complexity index is 182. The summed E-state index contributed by atoms with van der Waals surface area (Å²) in [6.45, 7) is 4.92. The monoisotopic (exact) mass is 187 g/mol. The summed E-state index contributed by atoms with van der Waals surface area (Å²) in [6, 6.07) is 0. The molecule has 0 atom stereocenters. The maximum Gasteiger partial charge on any atom is 0.219 e. The van der Waals surface area contributed by atoms with Gasteiger partial charge in [0.15, 0.2) is 0 Å². The van der Waals surface area contributed by atoms with E-state index in [4.69, 9.17) is 5.73 Å². The summed E-state index contributed by atoms with van der Waals surface area (Å²) >= 11 is 0. The Labute approximate surface area is 78.3 Å². The molecule has 0 rings (SSSR count). The second-order valence-corrected chi connectivity index (χ2v) is 2.78. The summed E-state index contributed by atoms with van der Waals surface area (Å²) in [5.41, 5.74) is 5.32. The van der Waals surface area contributed by atoms with E-state index in [-0.39, 0.29) is 11.8 Å². The minimum absolute atomic E-state index is 0.0178. The molecule has 0 aromatic heterocycles. The molecule has 3 N–H and O–H groups in total. The van der Waals surface area contributed by atoms with Crippen LogP contribution in [0.5, 0.6) is 0 Å². The van der Waals surface area contributed by atoms with Crippen molar-refractivity contribution in [2.24, 2.45) is 5.73 Å². The van der Waals surface area contributed by atoms with Crippen LogP contribution >= 0.6 is 0 Å². The van der Waals surface area contributed by atoms with Crippen molar-refractivity contribution in [3.63, 3.8) is 0 Å². The van der Waals surface area contributed by atoms with E-state index in [0.29, 0.717) is 26.2 Å². The molecule has 0 aliphatic rings. The number of carbonyl (C=O) groups excluding carboxylic acids is 2. The van der Waals surface area contributed by atoms with Gasteiger partial charge in [-0.3, -0.25) is 9.59 Å². The van der Waals surface area contributed by atoms with Crippen LogP contribution in [0.2, 0.25) is 0 Å². The Balaban J connectivity index is 3.69. The van der Waals surface area contributed by atoms with Crippen molar-refractivity contribution in [1.82, 2.24) is 10.2 Å². The third kappa shape index (κ3) is 6.10. The number of rotatable bonds is 5. The molecule has 0 radical (unpaired) electrons. The van der Waals surface area contributed by atoms with Gasteiger partial charge in [0.05, 0.1) is 0 Å². The molecule has 0 unspecified atom stereocenters. The Morgan fingerprint density at radius 2 is 1.92 bits per heavy atom. The van der Waals surface area contributed by atoms with E-state index >= 15 is 0 Å². The number of nitrogens with zero attached hydrogens (tertiary/aromatic N) is 1. The second kappa shape index (κ2) is 6.42. The average molecular weight is 187 g/mol. The van der Waals surface area contributed by atoms with E-state index in [1.54, 1.807) is 4.90 Å². The van der Waals surface area contributed by atoms with Gasteiger partial charge in [-0.2, -0.15) is 0 Å². The van der Waals surface area contributed by atoms with Crippen LogP contribution in [0.25, 0.3) is 0 Å². The fourth-order valence-electron chi connectivity index (χ4n) is 0.949. The fourth-order valence-corrected chi connectivity index (χ4v) is 0.949. The van der Waals surface area contributed by atoms with Crippen molar-refractivity contribution in [2.45, 2.75) is 13.8 Å². The van der Waals surface area contributed by atoms with Crippen LogP contribution in [0.15, 0.2) is 0 Å². The summed E-state index contributed by atoms with van der Waals surface area (Å²) < 4.78 is 0. The van der Waals surface area contributed by atoms with Crippen LogP contribution in [-0.2, 0) is 9.59 Å². The first-order valence-electron chi connectivity index (χ1n) is 4.28. The van der Waals surface area contributed by atoms with Crippen LogP contribution in [0, 0.1) is 0 Å². The minimum Gasteiger partial charge on any atom is -0.355 e. The van der Waals surface area contributed by atoms with Crippen LogP contribution in [0.1, 0.15) is 13.8 Å². The number of amides is 2. The van der Waals surface area contributed by atoms with Crippen molar-refractivity contribution < 1.29 is 9.59 Å². The maximum absolute atomic E-state index is 11.0. The molecule has 76 valence electrons. The Hall–Kier alpha value is -1.10. The predicted molar refractivity (Wildman–Crippen MR) is 50.0 cm³/mol. The SMILES string of the molecule is CC(=O)NCCN(CCN)C(C)=O. The van der Waals surface area contributed by atoms with Gasteiger partial charge < -0.3 is 16.0 Å². The van der Waals surface area contributed by atoms with E-state index < -0.39 is 0 Å². The van der Waals surface area contributed by atoms with Crippen LogP contribution < -0.4 is 11.1 Å². The van der Waals surface area contributed by atoms with Gasteiger partial charge in [0, 0.05) is 40.0 Å². The van der Waals surface area contributed by atoms with Gasteiger partial charge in [-0.15, -0.1) is 0 Å². The van der Waals surface area contributed by atoms with Gasteiger partial charge in [-0.05, 0) is 0 Å². The van der Waals surface area contributed by atoms with Crippen LogP contribution in [0.4, 0.5) is 0 Å². The van der Waals surface area contributed by atoms with E-state index in [2.05, 4.69) is 5.32 Å². The van der Waals surface area contributed by atoms with Crippen molar-refractivity contribution >= 4 is 11.8 Å². The molecule has 0 aliphatic carbocycles. The summed E-state index contributed by atoms with van der Waals surface area (Å²) in [5.74, 6) is -0.105. The number of hydrogen-bond donors (Lipinski definition) is 2. The quantitative estimate of drug-likeness (QED) is 0.575. The van der Waals surface area contributed by atoms with E-state index in [1.165, 1.54) is 13.8 Å². The molecule has 5 heteroatoms. The van der Waals surface area contributed by atoms with Crippen molar-refractivity contribution in [1.29, 1.82) is 0 Å². The highest BCUT2D eigenvalue weighted by molar-refractivity contribution is 5.74. The van der Waals surface area contributed by atoms with Gasteiger partial charge in [0.1, 0.15) is 0 Å². The highest BCUT2D eigenvalue weighted by Gasteiger charge is 2.06. The molecule has 0 spiro atoms. The zero-order valence-electron chi connectivity index (χ0n) is 8.17. The number of hydrogen-bond acceptors (Lipinski definition) is 3. The van der Waals surface area contributed by atoms with Crippen molar-refractivity contribution in [3.05, 3.63) is 0 Å². The first-order valence-corrected chi connectivity index (χ1v) is 4.28. The second-order valence-electron chi connectivity index (χ2n) is 2.78. The molecule has 5 nitrogen and oxygen atoms in total. The Morgan fingerprint density at radius 1 is 1.31 bits per heavy atom. The molecule has 0 aliphatic heterocycles. The summed E-state index contributed by atoms with van der Waals surface area (Å²) in [6.07, 6.45) is 0. The topological polar surface area (TPSA) is 75.4 Å². The van der Waals surface area contributed by atoms with Gasteiger partial charge in [-0.25, -0.2) is 0 Å². The molecular formula is C8H17N3O2. The largest absolute Gasteiger partial charge is 0.355 e. The van der Waals surface area contributed by atoms with E-state index in [9.17, 15) is 9.59 Å². The fraction of sp³-hybridized carbons (Fsp3) is 0.750. The Morgan fingerprint density at radius 3 is 2.31 bits per heavy atom. The maximum atomic E-state index is 11.0. The van der Waals surface area contributed by atoms with Crippen molar-refractivity contribution in [2.75, 3.05) is 26.2 Å². The highest BCUT2D eigenvalue weighted by Crippen LogP contribution is 1.86. The lowest BCUT2D eigenvalue weighted by Gasteiger charge is -2.19. The van der Waals surface area contributed by atoms with Gasteiger partial charge in [0.25, 0.3) is 0 Å². The molecule has 0 heterocycles. The number of nitrogens with two attached hydrogens (primary N) is 1. The molecule has 0 bridgehead atoms. The first-order chi connectivity index (χ1) is 6.07. The predicted octanol–water partition coefficient (Wildman–Crippen LogP) is -1.07. The summed E-state index contributed by atoms with van der Waals surface area (Å²) in [7, 11) is 0. The van der Waals surface area contributed by atoms with Gasteiger partial charge >= 0.3 is 0 Å². The van der Waals surface area contributed by atoms with E-state index in [0.717, 1.165) is 0 Å². The zero-order valence-corrected chi connectivity index (χ0v) is 8.17. The standard InChI is InChI=1S/C8H17N3O2/c1-7(12)10-4-6-11(5-3-9)8(2)13/h3-6,9H2,1-2H3,(H,10,12). The molecule has 0 aromatic carbocycles. The average Bonchev–Trinajstić information content (AvgIpc) is 2.02. The number of carbonyl (C=O) groups is 2. The molecule has 2 amide bonds. The molecule has 0 aromatic rings. The molecule has 13 heavy (non-hydrogen) atoms. The van der Waals surface area contributed by atoms with Crippen LogP contribution in [0.3, 0.4) is 0 Å². The van der Waals surface area contributed by atoms with E-state index in [1.807, 2.05) is 0 Å². The lowest BCUT2D eigenvalue weighted by atomic mass is 10.4.